The van der Waals surface area contributed by atoms with E-state index in [2.05, 4.69) is 25.8 Å². The lowest BCUT2D eigenvalue weighted by molar-refractivity contribution is 0.0436. The van der Waals surface area contributed by atoms with Crippen LogP contribution in [0.4, 0.5) is 10.7 Å². The van der Waals surface area contributed by atoms with E-state index in [1.54, 1.807) is 72.8 Å². The number of anilines is 1. The number of nitrogens with one attached hydrogen (secondary N) is 2. The van der Waals surface area contributed by atoms with Gasteiger partial charge >= 0.3 is 12.1 Å². The molecule has 0 aliphatic heterocycles. The van der Waals surface area contributed by atoms with Gasteiger partial charge < -0.3 is 29.8 Å². The van der Waals surface area contributed by atoms with Crippen LogP contribution in [-0.4, -0.2) is 78.3 Å². The van der Waals surface area contributed by atoms with E-state index in [0.717, 1.165) is 0 Å². The number of primary amides is 1. The van der Waals surface area contributed by atoms with E-state index in [1.807, 2.05) is 13.8 Å². The number of allylic oxidation sites excluding steroid dienone is 1. The molecule has 4 rings (SSSR count). The fourth-order valence-electron chi connectivity index (χ4n) is 4.92. The number of hydrogen-bond donors (Lipinski definition) is 3. The first-order chi connectivity index (χ1) is 23.2. The van der Waals surface area contributed by atoms with Crippen LogP contribution in [0.1, 0.15) is 77.3 Å². The zero-order valence-corrected chi connectivity index (χ0v) is 28.8. The van der Waals surface area contributed by atoms with Crippen LogP contribution in [0.25, 0.3) is 11.0 Å². The Morgan fingerprint density at radius 2 is 1.57 bits per heavy atom. The van der Waals surface area contributed by atoms with Crippen molar-refractivity contribution in [3.8, 4) is 5.75 Å². The predicted octanol–water partition coefficient (Wildman–Crippen LogP) is 3.75. The lowest BCUT2D eigenvalue weighted by atomic mass is 10.1. The molecule has 16 nitrogen and oxygen atoms in total. The zero-order chi connectivity index (χ0) is 35.9. The minimum absolute atomic E-state index is 0.0697. The quantitative estimate of drug-likeness (QED) is 0.100. The first-order valence-electron chi connectivity index (χ1n) is 15.9. The van der Waals surface area contributed by atoms with Crippen molar-refractivity contribution in [2.75, 3.05) is 25.1 Å². The van der Waals surface area contributed by atoms with E-state index in [0.29, 0.717) is 46.9 Å². The number of carbonyl (C=O) groups excluding carboxylic acids is 4. The molecule has 0 aliphatic carbocycles. The van der Waals surface area contributed by atoms with Crippen molar-refractivity contribution in [3.05, 3.63) is 64.8 Å². The van der Waals surface area contributed by atoms with Crippen LogP contribution < -0.4 is 21.1 Å². The molecule has 0 radical (unpaired) electrons. The van der Waals surface area contributed by atoms with Gasteiger partial charge in [-0.1, -0.05) is 12.2 Å². The molecule has 16 heteroatoms. The molecule has 0 bridgehead atoms. The van der Waals surface area contributed by atoms with Crippen LogP contribution in [0.15, 0.2) is 36.4 Å². The first-order valence-corrected chi connectivity index (χ1v) is 15.9. The van der Waals surface area contributed by atoms with Gasteiger partial charge in [-0.2, -0.15) is 10.2 Å². The number of alkyl carbamates (subject to hydrolysis) is 1. The summed E-state index contributed by atoms with van der Waals surface area (Å²) in [5.41, 5.74) is 7.91. The number of nitrogens with two attached hydrogens (primary N) is 1. The van der Waals surface area contributed by atoms with Gasteiger partial charge in [0.1, 0.15) is 41.5 Å². The predicted molar refractivity (Wildman–Crippen MR) is 181 cm³/mol. The van der Waals surface area contributed by atoms with Crippen LogP contribution in [0, 0.1) is 13.8 Å². The molecule has 262 valence electrons. The van der Waals surface area contributed by atoms with E-state index in [-0.39, 0.29) is 43.6 Å². The van der Waals surface area contributed by atoms with Crippen LogP contribution in [-0.2, 0) is 29.1 Å². The summed E-state index contributed by atoms with van der Waals surface area (Å²) >= 11 is 0. The number of hydrogen-bond acceptors (Lipinski definition) is 10. The Kier molecular flexibility index (Phi) is 11.4. The Bertz CT molecular complexity index is 1880. The van der Waals surface area contributed by atoms with Gasteiger partial charge in [0.05, 0.1) is 16.9 Å². The third kappa shape index (κ3) is 9.24. The van der Waals surface area contributed by atoms with Gasteiger partial charge in [-0.3, -0.25) is 24.3 Å². The van der Waals surface area contributed by atoms with E-state index >= 15 is 0 Å². The minimum atomic E-state index is -0.711. The summed E-state index contributed by atoms with van der Waals surface area (Å²) in [6.45, 7) is 13.8. The number of esters is 1. The fourth-order valence-corrected chi connectivity index (χ4v) is 4.92. The van der Waals surface area contributed by atoms with Crippen molar-refractivity contribution in [1.82, 2.24) is 34.4 Å². The van der Waals surface area contributed by atoms with Crippen molar-refractivity contribution in [2.45, 2.75) is 73.7 Å². The number of nitrogens with zero attached hydrogens (tertiary/aromatic N) is 6. The highest BCUT2D eigenvalue weighted by atomic mass is 16.6. The summed E-state index contributed by atoms with van der Waals surface area (Å²) in [5.74, 6) is -1.33. The van der Waals surface area contributed by atoms with Crippen LogP contribution in [0.3, 0.4) is 0 Å². The van der Waals surface area contributed by atoms with Crippen LogP contribution >= 0.6 is 0 Å². The summed E-state index contributed by atoms with van der Waals surface area (Å²) in [6.07, 6.45) is 2.92. The number of carbonyl (C=O) groups is 4. The summed E-state index contributed by atoms with van der Waals surface area (Å²) < 4.78 is 21.6. The number of aryl methyl sites for hydroxylation is 4. The molecule has 0 atom stereocenters. The molecule has 3 heterocycles. The maximum absolute atomic E-state index is 13.4. The molecule has 0 aliphatic rings. The molecule has 3 aromatic heterocycles. The fraction of sp³-hybridized carbons (Fsp3) is 0.424. The number of fused-ring (bicyclic) bond motifs is 1. The second-order valence-electron chi connectivity index (χ2n) is 12.0. The van der Waals surface area contributed by atoms with Crippen molar-refractivity contribution in [2.24, 2.45) is 5.73 Å². The van der Waals surface area contributed by atoms with Gasteiger partial charge in [0.25, 0.3) is 5.91 Å². The maximum Gasteiger partial charge on any atom is 0.407 e. The second-order valence-corrected chi connectivity index (χ2v) is 12.0. The molecule has 4 aromatic rings. The molecule has 1 aromatic carbocycles. The van der Waals surface area contributed by atoms with Crippen molar-refractivity contribution in [1.29, 1.82) is 0 Å². The number of rotatable bonds is 14. The topological polar surface area (TPSA) is 200 Å². The first kappa shape index (κ1) is 36.2. The second kappa shape index (κ2) is 15.5. The largest absolute Gasteiger partial charge is 0.488 e. The molecule has 3 amide bonds. The molecular weight excluding hydrogens is 634 g/mol. The summed E-state index contributed by atoms with van der Waals surface area (Å²) in [4.78, 5) is 55.1. The number of benzene rings is 1. The summed E-state index contributed by atoms with van der Waals surface area (Å²) in [7, 11) is 0. The minimum Gasteiger partial charge on any atom is -0.488 e. The van der Waals surface area contributed by atoms with Gasteiger partial charge in [0.15, 0.2) is 0 Å². The van der Waals surface area contributed by atoms with Gasteiger partial charge in [0, 0.05) is 31.7 Å². The number of imidazole rings is 1. The SMILES string of the molecule is CCn1nc(C)cc1C(=O)Nc1nc2cc(C(N)=O)cc(OCCOC(=O)c3cc(C)nn3CC)c2n1C/C=C/CNC(=O)OC(C)(C)C. The van der Waals surface area contributed by atoms with Gasteiger partial charge in [-0.05, 0) is 72.7 Å². The molecule has 4 N–H and O–H groups in total. The molecule has 0 fully saturated rings. The zero-order valence-electron chi connectivity index (χ0n) is 28.8. The third-order valence-electron chi connectivity index (χ3n) is 6.95. The highest BCUT2D eigenvalue weighted by Gasteiger charge is 2.22. The molecule has 0 spiro atoms. The third-order valence-corrected chi connectivity index (χ3v) is 6.95. The van der Waals surface area contributed by atoms with Crippen molar-refractivity contribution < 1.29 is 33.4 Å². The lowest BCUT2D eigenvalue weighted by Gasteiger charge is -2.19. The summed E-state index contributed by atoms with van der Waals surface area (Å²) in [6, 6.07) is 6.28. The van der Waals surface area contributed by atoms with E-state index in [9.17, 15) is 19.2 Å². The van der Waals surface area contributed by atoms with Crippen molar-refractivity contribution >= 4 is 40.9 Å². The Labute approximate surface area is 283 Å². The number of ether oxygens (including phenoxy) is 3. The Hall–Kier alpha value is -5.67. The molecule has 0 unspecified atom stereocenters. The van der Waals surface area contributed by atoms with Crippen LogP contribution in [0.5, 0.6) is 5.75 Å². The van der Waals surface area contributed by atoms with E-state index < -0.39 is 29.5 Å². The van der Waals surface area contributed by atoms with E-state index in [1.165, 1.54) is 12.1 Å². The van der Waals surface area contributed by atoms with Gasteiger partial charge in [0.2, 0.25) is 11.9 Å². The van der Waals surface area contributed by atoms with Crippen LogP contribution in [0.2, 0.25) is 0 Å². The van der Waals surface area contributed by atoms with E-state index in [4.69, 9.17) is 19.9 Å². The van der Waals surface area contributed by atoms with Gasteiger partial charge in [-0.15, -0.1) is 0 Å². The Morgan fingerprint density at radius 1 is 0.918 bits per heavy atom. The molecule has 49 heavy (non-hydrogen) atoms. The number of aromatic nitrogens is 6. The average Bonchev–Trinajstić information content (AvgIpc) is 3.71. The Morgan fingerprint density at radius 3 is 2.20 bits per heavy atom. The summed E-state index contributed by atoms with van der Waals surface area (Å²) in [5, 5.41) is 14.1. The normalized spacial score (nSPS) is 11.6. The molecule has 0 saturated carbocycles. The lowest BCUT2D eigenvalue weighted by Crippen LogP contribution is -2.32. The van der Waals surface area contributed by atoms with Gasteiger partial charge in [-0.25, -0.2) is 14.6 Å². The monoisotopic (exact) mass is 677 g/mol. The Balaban J connectivity index is 1.63. The molecular formula is C33H43N9O7. The average molecular weight is 678 g/mol. The standard InChI is InChI=1S/C33H43N9O7/c1-8-41-24(16-20(3)38-41)29(44)37-31-36-23-18-22(28(34)43)19-26(47-14-15-48-30(45)25-17-21(4)39-42(25)9-2)27(23)40(31)13-11-10-12-35-32(46)49-33(5,6)7/h10-11,16-19H,8-9,12-15H2,1-7H3,(H2,34,43)(H,35,46)(H,36,37,44)/b11-10+. The smallest absolute Gasteiger partial charge is 0.407 e. The highest BCUT2D eigenvalue weighted by molar-refractivity contribution is 6.04. The highest BCUT2D eigenvalue weighted by Crippen LogP contribution is 2.31. The number of amides is 3. The van der Waals surface area contributed by atoms with Crippen molar-refractivity contribution in [3.63, 3.8) is 0 Å². The molecule has 0 saturated heterocycles. The maximum atomic E-state index is 13.4.